The molecule has 1 aromatic rings. The third-order valence-electron chi connectivity index (χ3n) is 3.26. The van der Waals surface area contributed by atoms with Gasteiger partial charge in [0.2, 0.25) is 0 Å². The van der Waals surface area contributed by atoms with E-state index in [9.17, 15) is 0 Å². The van der Waals surface area contributed by atoms with Gasteiger partial charge >= 0.3 is 0 Å². The first-order valence-corrected chi connectivity index (χ1v) is 7.56. The summed E-state index contributed by atoms with van der Waals surface area (Å²) in [6.45, 7) is 9.82. The zero-order chi connectivity index (χ0) is 14.8. The van der Waals surface area contributed by atoms with Gasteiger partial charge in [0, 0.05) is 25.8 Å². The molecule has 114 valence electrons. The van der Waals surface area contributed by atoms with Gasteiger partial charge in [0.25, 0.3) is 0 Å². The molecule has 0 heterocycles. The Hall–Kier alpha value is -1.06. The smallest absolute Gasteiger partial charge is 0.126 e. The molecule has 0 amide bonds. The van der Waals surface area contributed by atoms with E-state index in [2.05, 4.69) is 44.3 Å². The standard InChI is InChI=1S/C17H29NO2/c1-14(2)7-6-11-20-17-15(3)8-5-9-16(17)13-18-10-12-19-4/h5,8-9,14,18H,6-7,10-13H2,1-4H3. The molecule has 1 aromatic carbocycles. The molecule has 0 saturated carbocycles. The first-order chi connectivity index (χ1) is 9.65. The molecule has 0 unspecified atom stereocenters. The Labute approximate surface area is 123 Å². The van der Waals surface area contributed by atoms with Crippen molar-refractivity contribution in [1.82, 2.24) is 5.32 Å². The minimum Gasteiger partial charge on any atom is -0.493 e. The highest BCUT2D eigenvalue weighted by Gasteiger charge is 2.07. The second kappa shape index (κ2) is 9.78. The van der Waals surface area contributed by atoms with Gasteiger partial charge in [0.15, 0.2) is 0 Å². The number of ether oxygens (including phenoxy) is 2. The van der Waals surface area contributed by atoms with Crippen molar-refractivity contribution in [3.8, 4) is 5.75 Å². The van der Waals surface area contributed by atoms with E-state index in [4.69, 9.17) is 9.47 Å². The van der Waals surface area contributed by atoms with E-state index in [1.807, 2.05) is 0 Å². The summed E-state index contributed by atoms with van der Waals surface area (Å²) in [4.78, 5) is 0. The van der Waals surface area contributed by atoms with Crippen LogP contribution in [-0.4, -0.2) is 26.9 Å². The van der Waals surface area contributed by atoms with E-state index in [0.717, 1.165) is 44.4 Å². The largest absolute Gasteiger partial charge is 0.493 e. The topological polar surface area (TPSA) is 30.5 Å². The van der Waals surface area contributed by atoms with Crippen molar-refractivity contribution in [2.24, 2.45) is 5.92 Å². The molecule has 3 heteroatoms. The Balaban J connectivity index is 2.49. The van der Waals surface area contributed by atoms with Gasteiger partial charge in [-0.05, 0) is 31.2 Å². The van der Waals surface area contributed by atoms with Crippen LogP contribution < -0.4 is 10.1 Å². The van der Waals surface area contributed by atoms with Crippen LogP contribution in [0.2, 0.25) is 0 Å². The molecular weight excluding hydrogens is 250 g/mol. The van der Waals surface area contributed by atoms with E-state index in [1.165, 1.54) is 17.5 Å². The normalized spacial score (nSPS) is 11.1. The lowest BCUT2D eigenvalue weighted by Gasteiger charge is -2.15. The second-order valence-electron chi connectivity index (χ2n) is 5.62. The van der Waals surface area contributed by atoms with E-state index in [0.29, 0.717) is 0 Å². The average molecular weight is 279 g/mol. The van der Waals surface area contributed by atoms with Crippen molar-refractivity contribution in [3.63, 3.8) is 0 Å². The van der Waals surface area contributed by atoms with Gasteiger partial charge in [-0.2, -0.15) is 0 Å². The summed E-state index contributed by atoms with van der Waals surface area (Å²) in [6.07, 6.45) is 2.33. The lowest BCUT2D eigenvalue weighted by atomic mass is 10.1. The van der Waals surface area contributed by atoms with Gasteiger partial charge in [-0.1, -0.05) is 32.0 Å². The molecule has 3 nitrogen and oxygen atoms in total. The molecule has 0 saturated heterocycles. The molecule has 0 aromatic heterocycles. The summed E-state index contributed by atoms with van der Waals surface area (Å²) >= 11 is 0. The van der Waals surface area contributed by atoms with E-state index >= 15 is 0 Å². The van der Waals surface area contributed by atoms with Crippen LogP contribution in [0.3, 0.4) is 0 Å². The highest BCUT2D eigenvalue weighted by atomic mass is 16.5. The molecule has 0 spiro atoms. The van der Waals surface area contributed by atoms with E-state index in [1.54, 1.807) is 7.11 Å². The maximum absolute atomic E-state index is 6.00. The van der Waals surface area contributed by atoms with Crippen molar-refractivity contribution in [2.75, 3.05) is 26.9 Å². The molecule has 0 aliphatic heterocycles. The van der Waals surface area contributed by atoms with E-state index in [-0.39, 0.29) is 0 Å². The van der Waals surface area contributed by atoms with Gasteiger partial charge in [0.05, 0.1) is 13.2 Å². The highest BCUT2D eigenvalue weighted by molar-refractivity contribution is 5.40. The van der Waals surface area contributed by atoms with Crippen molar-refractivity contribution < 1.29 is 9.47 Å². The Bertz CT molecular complexity index is 377. The number of aryl methyl sites for hydroxylation is 1. The molecule has 1 rings (SSSR count). The lowest BCUT2D eigenvalue weighted by Crippen LogP contribution is -2.19. The van der Waals surface area contributed by atoms with Crippen LogP contribution in [0.4, 0.5) is 0 Å². The van der Waals surface area contributed by atoms with Crippen LogP contribution in [0.15, 0.2) is 18.2 Å². The monoisotopic (exact) mass is 279 g/mol. The van der Waals surface area contributed by atoms with Crippen molar-refractivity contribution >= 4 is 0 Å². The molecule has 0 aliphatic carbocycles. The Kier molecular flexibility index (Phi) is 8.31. The fourth-order valence-electron chi connectivity index (χ4n) is 2.12. The zero-order valence-corrected chi connectivity index (χ0v) is 13.4. The first-order valence-electron chi connectivity index (χ1n) is 7.56. The molecule has 0 aliphatic rings. The van der Waals surface area contributed by atoms with Crippen LogP contribution in [-0.2, 0) is 11.3 Å². The number of benzene rings is 1. The summed E-state index contributed by atoms with van der Waals surface area (Å²) in [5.74, 6) is 1.78. The van der Waals surface area contributed by atoms with Crippen molar-refractivity contribution in [1.29, 1.82) is 0 Å². The second-order valence-corrected chi connectivity index (χ2v) is 5.62. The number of rotatable bonds is 10. The maximum atomic E-state index is 6.00. The molecular formula is C17H29NO2. The van der Waals surface area contributed by atoms with Gasteiger partial charge in [-0.15, -0.1) is 0 Å². The summed E-state index contributed by atoms with van der Waals surface area (Å²) in [6, 6.07) is 6.32. The predicted molar refractivity (Wildman–Crippen MR) is 84.3 cm³/mol. The summed E-state index contributed by atoms with van der Waals surface area (Å²) in [7, 11) is 1.72. The van der Waals surface area contributed by atoms with Crippen LogP contribution >= 0.6 is 0 Å². The minimum atomic E-state index is 0.733. The predicted octanol–water partition coefficient (Wildman–Crippen LogP) is 3.55. The molecule has 0 bridgehead atoms. The van der Waals surface area contributed by atoms with E-state index < -0.39 is 0 Å². The minimum absolute atomic E-state index is 0.733. The van der Waals surface area contributed by atoms with Gasteiger partial charge in [0.1, 0.15) is 5.75 Å². The van der Waals surface area contributed by atoms with Crippen molar-refractivity contribution in [2.45, 2.75) is 40.2 Å². The Morgan fingerprint density at radius 1 is 1.20 bits per heavy atom. The summed E-state index contributed by atoms with van der Waals surface area (Å²) in [5, 5.41) is 3.37. The Morgan fingerprint density at radius 3 is 2.70 bits per heavy atom. The molecule has 0 atom stereocenters. The first kappa shape index (κ1) is 17.0. The van der Waals surface area contributed by atoms with Gasteiger partial charge in [-0.25, -0.2) is 0 Å². The average Bonchev–Trinajstić information content (AvgIpc) is 2.41. The van der Waals surface area contributed by atoms with Crippen molar-refractivity contribution in [3.05, 3.63) is 29.3 Å². The SMILES string of the molecule is COCCNCc1cccc(C)c1OCCCC(C)C. The number of nitrogens with one attached hydrogen (secondary N) is 1. The lowest BCUT2D eigenvalue weighted by molar-refractivity contribution is 0.199. The van der Waals surface area contributed by atoms with Crippen LogP contribution in [0.25, 0.3) is 0 Å². The molecule has 0 radical (unpaired) electrons. The van der Waals surface area contributed by atoms with Gasteiger partial charge in [-0.3, -0.25) is 0 Å². The van der Waals surface area contributed by atoms with Crippen LogP contribution in [0, 0.1) is 12.8 Å². The fourth-order valence-corrected chi connectivity index (χ4v) is 2.12. The highest BCUT2D eigenvalue weighted by Crippen LogP contribution is 2.23. The maximum Gasteiger partial charge on any atom is 0.126 e. The molecule has 1 N–H and O–H groups in total. The number of methoxy groups -OCH3 is 1. The van der Waals surface area contributed by atoms with Crippen LogP contribution in [0.5, 0.6) is 5.75 Å². The third kappa shape index (κ3) is 6.40. The Morgan fingerprint density at radius 2 is 2.00 bits per heavy atom. The molecule has 0 fully saturated rings. The quantitative estimate of drug-likeness (QED) is 0.664. The van der Waals surface area contributed by atoms with Crippen LogP contribution in [0.1, 0.15) is 37.8 Å². The molecule has 20 heavy (non-hydrogen) atoms. The summed E-state index contributed by atoms with van der Waals surface area (Å²) in [5.41, 5.74) is 2.44. The summed E-state index contributed by atoms with van der Waals surface area (Å²) < 4.78 is 11.0. The number of para-hydroxylation sites is 1. The fraction of sp³-hybridized carbons (Fsp3) is 0.647. The number of hydrogen-bond acceptors (Lipinski definition) is 3. The third-order valence-corrected chi connectivity index (χ3v) is 3.26. The zero-order valence-electron chi connectivity index (χ0n) is 13.4. The number of hydrogen-bond donors (Lipinski definition) is 1. The van der Waals surface area contributed by atoms with Gasteiger partial charge < -0.3 is 14.8 Å².